The molecule has 0 amide bonds. The number of hydrogen-bond donors (Lipinski definition) is 6. The second kappa shape index (κ2) is 4.54. The van der Waals surface area contributed by atoms with Crippen molar-refractivity contribution in [3.63, 3.8) is 0 Å². The van der Waals surface area contributed by atoms with Crippen molar-refractivity contribution in [3.8, 4) is 22.8 Å². The van der Waals surface area contributed by atoms with Crippen molar-refractivity contribution in [3.05, 3.63) is 47.8 Å². The van der Waals surface area contributed by atoms with Crippen LogP contribution in [0.2, 0.25) is 0 Å². The van der Waals surface area contributed by atoms with Gasteiger partial charge in [0.05, 0.1) is 55.9 Å². The van der Waals surface area contributed by atoms with Gasteiger partial charge in [-0.3, -0.25) is 0 Å². The quantitative estimate of drug-likeness (QED) is 0.254. The monoisotopic (exact) mass is 342 g/mol. The number of nitrogens with one attached hydrogen (secondary N) is 6. The Labute approximate surface area is 148 Å². The average Bonchev–Trinajstić information content (AvgIpc) is 3.41. The van der Waals surface area contributed by atoms with E-state index in [1.54, 1.807) is 0 Å². The zero-order chi connectivity index (χ0) is 17.4. The van der Waals surface area contributed by atoms with Crippen molar-refractivity contribution < 1.29 is 0 Å². The lowest BCUT2D eigenvalue weighted by Gasteiger charge is -1.97. The van der Waals surface area contributed by atoms with Crippen LogP contribution in [0.5, 0.6) is 0 Å². The fourth-order valence-electron chi connectivity index (χ4n) is 4.14. The molecule has 0 fully saturated rings. The van der Waals surface area contributed by atoms with Crippen LogP contribution in [0.25, 0.3) is 55.9 Å². The first-order chi connectivity index (χ1) is 12.7. The van der Waals surface area contributed by atoms with E-state index in [-0.39, 0.29) is 0 Å². The van der Waals surface area contributed by atoms with Gasteiger partial charge in [0, 0.05) is 23.5 Å². The van der Waals surface area contributed by atoms with Crippen molar-refractivity contribution in [2.45, 2.75) is 13.8 Å². The van der Waals surface area contributed by atoms with Crippen LogP contribution in [0.3, 0.4) is 0 Å². The second-order valence-electron chi connectivity index (χ2n) is 6.92. The maximum atomic E-state index is 3.62. The predicted molar refractivity (Wildman–Crippen MR) is 105 cm³/mol. The molecule has 6 heteroatoms. The molecule has 0 saturated heterocycles. The first-order valence-electron chi connectivity index (χ1n) is 8.74. The molecule has 6 heterocycles. The third-order valence-electron chi connectivity index (χ3n) is 5.48. The van der Waals surface area contributed by atoms with Gasteiger partial charge < -0.3 is 29.9 Å². The Bertz CT molecular complexity index is 1270. The van der Waals surface area contributed by atoms with Gasteiger partial charge in [-0.1, -0.05) is 0 Å². The molecule has 6 aromatic heterocycles. The molecule has 6 rings (SSSR count). The lowest BCUT2D eigenvalue weighted by molar-refractivity contribution is 1.31. The highest BCUT2D eigenvalue weighted by Crippen LogP contribution is 2.38. The van der Waals surface area contributed by atoms with Crippen LogP contribution in [-0.2, 0) is 0 Å². The summed E-state index contributed by atoms with van der Waals surface area (Å²) in [5.41, 5.74) is 13.6. The normalized spacial score (nSPS) is 12.2. The summed E-state index contributed by atoms with van der Waals surface area (Å²) in [6.07, 6.45) is 3.89. The van der Waals surface area contributed by atoms with E-state index in [2.05, 4.69) is 55.9 Å². The van der Waals surface area contributed by atoms with Crippen LogP contribution in [0, 0.1) is 13.8 Å². The van der Waals surface area contributed by atoms with Crippen molar-refractivity contribution in [1.82, 2.24) is 29.9 Å². The Morgan fingerprint density at radius 2 is 0.962 bits per heavy atom. The summed E-state index contributed by atoms with van der Waals surface area (Å²) < 4.78 is 0. The van der Waals surface area contributed by atoms with Crippen molar-refractivity contribution in [2.75, 3.05) is 0 Å². The zero-order valence-corrected chi connectivity index (χ0v) is 14.5. The zero-order valence-electron chi connectivity index (χ0n) is 14.5. The minimum absolute atomic E-state index is 1.10. The first-order valence-corrected chi connectivity index (χ1v) is 8.74. The molecule has 0 aliphatic rings. The molecule has 6 N–H and O–H groups in total. The lowest BCUT2D eigenvalue weighted by Crippen LogP contribution is -1.82. The van der Waals surface area contributed by atoms with E-state index in [0.717, 1.165) is 55.9 Å². The highest BCUT2D eigenvalue weighted by molar-refractivity contribution is 6.17. The molecule has 0 saturated carbocycles. The smallest absolute Gasteiger partial charge is 0.0907 e. The van der Waals surface area contributed by atoms with Crippen LogP contribution >= 0.6 is 0 Å². The summed E-state index contributed by atoms with van der Waals surface area (Å²) >= 11 is 0. The van der Waals surface area contributed by atoms with Crippen LogP contribution in [0.15, 0.2) is 36.7 Å². The maximum absolute atomic E-state index is 3.62. The summed E-state index contributed by atoms with van der Waals surface area (Å²) in [5.74, 6) is 0. The van der Waals surface area contributed by atoms with Gasteiger partial charge >= 0.3 is 0 Å². The molecule has 0 aliphatic carbocycles. The van der Waals surface area contributed by atoms with E-state index in [9.17, 15) is 0 Å². The fourth-order valence-corrected chi connectivity index (χ4v) is 4.14. The minimum atomic E-state index is 1.10. The molecular formula is C20H18N6. The summed E-state index contributed by atoms with van der Waals surface area (Å²) in [5, 5.41) is 0. The van der Waals surface area contributed by atoms with E-state index in [4.69, 9.17) is 0 Å². The lowest BCUT2D eigenvalue weighted by atomic mass is 10.2. The molecule has 0 aliphatic heterocycles. The van der Waals surface area contributed by atoms with Crippen LogP contribution < -0.4 is 0 Å². The van der Waals surface area contributed by atoms with E-state index >= 15 is 0 Å². The van der Waals surface area contributed by atoms with Crippen LogP contribution in [0.4, 0.5) is 0 Å². The largest absolute Gasteiger partial charge is 0.360 e. The molecule has 0 atom stereocenters. The van der Waals surface area contributed by atoms with E-state index in [1.807, 2.05) is 24.5 Å². The summed E-state index contributed by atoms with van der Waals surface area (Å²) in [6.45, 7) is 4.29. The fraction of sp³-hybridized carbons (Fsp3) is 0.100. The number of H-pyrrole nitrogens is 6. The van der Waals surface area contributed by atoms with Crippen LogP contribution in [-0.4, -0.2) is 29.9 Å². The number of aromatic amines is 6. The van der Waals surface area contributed by atoms with Gasteiger partial charge in [-0.05, 0) is 38.1 Å². The highest BCUT2D eigenvalue weighted by atomic mass is 14.9. The van der Waals surface area contributed by atoms with Gasteiger partial charge in [-0.2, -0.15) is 0 Å². The SMILES string of the molecule is Cc1c(-c2ccc[nH]2)[nH]c2c1[nH]c1c3[nH]c(-c4ccc[nH]4)c(C)c3[nH]c21. The van der Waals surface area contributed by atoms with E-state index < -0.39 is 0 Å². The van der Waals surface area contributed by atoms with Gasteiger partial charge in [0.25, 0.3) is 0 Å². The molecule has 0 spiro atoms. The van der Waals surface area contributed by atoms with Crippen molar-refractivity contribution in [2.24, 2.45) is 0 Å². The molecule has 128 valence electrons. The Morgan fingerprint density at radius 3 is 1.35 bits per heavy atom. The number of hydrogen-bond acceptors (Lipinski definition) is 0. The molecule has 6 nitrogen and oxygen atoms in total. The Balaban J connectivity index is 1.65. The highest BCUT2D eigenvalue weighted by Gasteiger charge is 2.21. The maximum Gasteiger partial charge on any atom is 0.0907 e. The summed E-state index contributed by atoms with van der Waals surface area (Å²) in [6, 6.07) is 8.20. The topological polar surface area (TPSA) is 94.7 Å². The number of fused-ring (bicyclic) bond motifs is 5. The van der Waals surface area contributed by atoms with E-state index in [1.165, 1.54) is 11.1 Å². The molecule has 0 aromatic carbocycles. The Hall–Kier alpha value is -3.54. The summed E-state index contributed by atoms with van der Waals surface area (Å²) in [4.78, 5) is 21.0. The Kier molecular flexibility index (Phi) is 2.40. The van der Waals surface area contributed by atoms with Crippen molar-refractivity contribution >= 4 is 33.1 Å². The number of rotatable bonds is 2. The number of aryl methyl sites for hydroxylation is 2. The molecule has 26 heavy (non-hydrogen) atoms. The van der Waals surface area contributed by atoms with Crippen LogP contribution in [0.1, 0.15) is 11.1 Å². The molecular weight excluding hydrogens is 324 g/mol. The predicted octanol–water partition coefficient (Wildman–Crippen LogP) is 5.07. The summed E-state index contributed by atoms with van der Waals surface area (Å²) in [7, 11) is 0. The van der Waals surface area contributed by atoms with E-state index in [0.29, 0.717) is 0 Å². The third-order valence-corrected chi connectivity index (χ3v) is 5.48. The van der Waals surface area contributed by atoms with Gasteiger partial charge in [-0.15, -0.1) is 0 Å². The first kappa shape index (κ1) is 13.7. The second-order valence-corrected chi connectivity index (χ2v) is 6.92. The van der Waals surface area contributed by atoms with Gasteiger partial charge in [0.1, 0.15) is 0 Å². The molecule has 0 radical (unpaired) electrons. The number of aromatic nitrogens is 6. The minimum Gasteiger partial charge on any atom is -0.360 e. The molecule has 0 unspecified atom stereocenters. The Morgan fingerprint density at radius 1 is 0.538 bits per heavy atom. The van der Waals surface area contributed by atoms with Gasteiger partial charge in [0.2, 0.25) is 0 Å². The average molecular weight is 342 g/mol. The molecule has 6 aromatic rings. The van der Waals surface area contributed by atoms with Gasteiger partial charge in [0.15, 0.2) is 0 Å². The molecule has 0 bridgehead atoms. The standard InChI is InChI=1S/C20H18N6/c1-9-13(11-5-3-7-21-11)23-17-15(9)25-20-18-16(26-19(17)20)10(2)14(24-18)12-6-4-8-22-12/h3-8,21-26H,1-2H3. The van der Waals surface area contributed by atoms with Gasteiger partial charge in [-0.25, -0.2) is 0 Å². The third kappa shape index (κ3) is 1.56. The van der Waals surface area contributed by atoms with Crippen molar-refractivity contribution in [1.29, 1.82) is 0 Å².